The number of benzene rings is 2. The summed E-state index contributed by atoms with van der Waals surface area (Å²) < 4.78 is 0. The molecule has 0 radical (unpaired) electrons. The average Bonchev–Trinajstić information content (AvgIpc) is 2.56. The van der Waals surface area contributed by atoms with Gasteiger partial charge in [0.15, 0.2) is 0 Å². The standard InChI is InChI=1S/C17H17ClN4O/c1-19-7-4-8-20-17(23)12-9-11(18)10-15-16(12)22-14-6-3-2-5-13(14)21-15/h2-3,5-6,9-10,19H,4,7-8H2,1H3,(H,20,23). The second-order valence-electron chi connectivity index (χ2n) is 5.25. The summed E-state index contributed by atoms with van der Waals surface area (Å²) in [6, 6.07) is 10.9. The highest BCUT2D eigenvalue weighted by Crippen LogP contribution is 2.23. The second-order valence-corrected chi connectivity index (χ2v) is 5.68. The molecule has 0 aliphatic heterocycles. The van der Waals surface area contributed by atoms with Crippen molar-refractivity contribution in [3.63, 3.8) is 0 Å². The van der Waals surface area contributed by atoms with Crippen molar-refractivity contribution in [3.05, 3.63) is 47.0 Å². The molecule has 0 spiro atoms. The minimum Gasteiger partial charge on any atom is -0.352 e. The quantitative estimate of drug-likeness (QED) is 0.558. The number of hydrogen-bond acceptors (Lipinski definition) is 4. The first-order chi connectivity index (χ1) is 11.2. The van der Waals surface area contributed by atoms with Crippen LogP contribution in [0.1, 0.15) is 16.8 Å². The van der Waals surface area contributed by atoms with Gasteiger partial charge in [-0.25, -0.2) is 9.97 Å². The van der Waals surface area contributed by atoms with Crippen LogP contribution in [0.3, 0.4) is 0 Å². The Morgan fingerprint density at radius 2 is 1.83 bits per heavy atom. The van der Waals surface area contributed by atoms with E-state index in [0.717, 1.165) is 24.0 Å². The Kier molecular flexibility index (Phi) is 4.69. The molecule has 1 amide bonds. The number of hydrogen-bond donors (Lipinski definition) is 2. The normalized spacial score (nSPS) is 11.0. The van der Waals surface area contributed by atoms with Gasteiger partial charge in [-0.15, -0.1) is 0 Å². The summed E-state index contributed by atoms with van der Waals surface area (Å²) in [7, 11) is 1.88. The van der Waals surface area contributed by atoms with Crippen LogP contribution in [-0.2, 0) is 0 Å². The summed E-state index contributed by atoms with van der Waals surface area (Å²) in [6.07, 6.45) is 0.856. The maximum atomic E-state index is 12.5. The largest absolute Gasteiger partial charge is 0.352 e. The molecule has 5 nitrogen and oxygen atoms in total. The fourth-order valence-electron chi connectivity index (χ4n) is 2.43. The molecule has 0 atom stereocenters. The number of nitrogens with zero attached hydrogens (tertiary/aromatic N) is 2. The summed E-state index contributed by atoms with van der Waals surface area (Å²) in [5, 5.41) is 6.42. The summed E-state index contributed by atoms with van der Waals surface area (Å²) in [6.45, 7) is 1.44. The van der Waals surface area contributed by atoms with Crippen LogP contribution in [0.5, 0.6) is 0 Å². The van der Waals surface area contributed by atoms with E-state index in [4.69, 9.17) is 11.6 Å². The van der Waals surface area contributed by atoms with Gasteiger partial charge in [0.1, 0.15) is 5.52 Å². The van der Waals surface area contributed by atoms with Gasteiger partial charge in [-0.3, -0.25) is 4.79 Å². The Hall–Kier alpha value is -2.24. The number of carbonyl (C=O) groups excluding carboxylic acids is 1. The van der Waals surface area contributed by atoms with Crippen LogP contribution in [0.25, 0.3) is 22.1 Å². The summed E-state index contributed by atoms with van der Waals surface area (Å²) in [5.74, 6) is -0.182. The smallest absolute Gasteiger partial charge is 0.253 e. The van der Waals surface area contributed by atoms with Crippen molar-refractivity contribution in [3.8, 4) is 0 Å². The van der Waals surface area contributed by atoms with E-state index in [1.54, 1.807) is 12.1 Å². The van der Waals surface area contributed by atoms with E-state index in [9.17, 15) is 4.79 Å². The Bertz CT molecular complexity index is 866. The topological polar surface area (TPSA) is 66.9 Å². The van der Waals surface area contributed by atoms with Crippen molar-refractivity contribution in [2.45, 2.75) is 6.42 Å². The Morgan fingerprint density at radius 3 is 2.57 bits per heavy atom. The lowest BCUT2D eigenvalue weighted by atomic mass is 10.1. The molecule has 0 fully saturated rings. The molecule has 2 aromatic carbocycles. The Balaban J connectivity index is 2.01. The molecule has 0 saturated carbocycles. The van der Waals surface area contributed by atoms with Crippen LogP contribution >= 0.6 is 11.6 Å². The highest BCUT2D eigenvalue weighted by atomic mass is 35.5. The summed E-state index contributed by atoms with van der Waals surface area (Å²) in [5.41, 5.74) is 3.18. The number of carbonyl (C=O) groups is 1. The first-order valence-corrected chi connectivity index (χ1v) is 7.85. The summed E-state index contributed by atoms with van der Waals surface area (Å²) in [4.78, 5) is 21.6. The van der Waals surface area contributed by atoms with Crippen LogP contribution in [0.4, 0.5) is 0 Å². The van der Waals surface area contributed by atoms with E-state index in [1.165, 1.54) is 0 Å². The molecular weight excluding hydrogens is 312 g/mol. The van der Waals surface area contributed by atoms with Crippen LogP contribution in [0.2, 0.25) is 5.02 Å². The lowest BCUT2D eigenvalue weighted by Gasteiger charge is -2.09. The van der Waals surface area contributed by atoms with Crippen LogP contribution < -0.4 is 10.6 Å². The molecule has 23 heavy (non-hydrogen) atoms. The monoisotopic (exact) mass is 328 g/mol. The molecule has 3 aromatic rings. The highest BCUT2D eigenvalue weighted by Gasteiger charge is 2.14. The van der Waals surface area contributed by atoms with E-state index in [-0.39, 0.29) is 5.91 Å². The predicted octanol–water partition coefficient (Wildman–Crippen LogP) is 2.78. The van der Waals surface area contributed by atoms with Crippen molar-refractivity contribution < 1.29 is 4.79 Å². The van der Waals surface area contributed by atoms with Gasteiger partial charge in [-0.2, -0.15) is 0 Å². The number of rotatable bonds is 5. The number of fused-ring (bicyclic) bond motifs is 2. The van der Waals surface area contributed by atoms with Gasteiger partial charge in [0.25, 0.3) is 5.91 Å². The van der Waals surface area contributed by atoms with E-state index in [1.807, 2.05) is 31.3 Å². The highest BCUT2D eigenvalue weighted by molar-refractivity contribution is 6.32. The third kappa shape index (κ3) is 3.41. The predicted molar refractivity (Wildman–Crippen MR) is 92.9 cm³/mol. The van der Waals surface area contributed by atoms with Crippen molar-refractivity contribution in [2.24, 2.45) is 0 Å². The van der Waals surface area contributed by atoms with Gasteiger partial charge in [-0.05, 0) is 44.3 Å². The lowest BCUT2D eigenvalue weighted by molar-refractivity contribution is 0.0955. The molecule has 0 aliphatic rings. The van der Waals surface area contributed by atoms with E-state index >= 15 is 0 Å². The van der Waals surface area contributed by atoms with Gasteiger partial charge in [0.05, 0.1) is 22.1 Å². The Morgan fingerprint density at radius 1 is 1.09 bits per heavy atom. The zero-order chi connectivity index (χ0) is 16.2. The van der Waals surface area contributed by atoms with Crippen LogP contribution in [0, 0.1) is 0 Å². The van der Waals surface area contributed by atoms with Gasteiger partial charge in [0, 0.05) is 11.6 Å². The van der Waals surface area contributed by atoms with Crippen molar-refractivity contribution in [1.82, 2.24) is 20.6 Å². The fraction of sp³-hybridized carbons (Fsp3) is 0.235. The molecule has 1 aromatic heterocycles. The second kappa shape index (κ2) is 6.89. The molecule has 0 saturated heterocycles. The molecule has 2 N–H and O–H groups in total. The zero-order valence-electron chi connectivity index (χ0n) is 12.8. The first-order valence-electron chi connectivity index (χ1n) is 7.48. The Labute approximate surface area is 139 Å². The molecule has 118 valence electrons. The van der Waals surface area contributed by atoms with E-state index < -0.39 is 0 Å². The van der Waals surface area contributed by atoms with Gasteiger partial charge < -0.3 is 10.6 Å². The van der Waals surface area contributed by atoms with Gasteiger partial charge in [0.2, 0.25) is 0 Å². The minimum absolute atomic E-state index is 0.182. The summed E-state index contributed by atoms with van der Waals surface area (Å²) >= 11 is 6.15. The molecule has 1 heterocycles. The van der Waals surface area contributed by atoms with Crippen LogP contribution in [0.15, 0.2) is 36.4 Å². The van der Waals surface area contributed by atoms with Crippen molar-refractivity contribution >= 4 is 39.6 Å². The molecule has 0 bridgehead atoms. The van der Waals surface area contributed by atoms with E-state index in [0.29, 0.717) is 28.2 Å². The maximum Gasteiger partial charge on any atom is 0.253 e. The molecule has 0 unspecified atom stereocenters. The van der Waals surface area contributed by atoms with E-state index in [2.05, 4.69) is 20.6 Å². The lowest BCUT2D eigenvalue weighted by Crippen LogP contribution is -2.27. The van der Waals surface area contributed by atoms with Gasteiger partial charge >= 0.3 is 0 Å². The number of amides is 1. The molecule has 6 heteroatoms. The number of nitrogens with one attached hydrogen (secondary N) is 2. The SMILES string of the molecule is CNCCCNC(=O)c1cc(Cl)cc2nc3ccccc3nc12. The van der Waals surface area contributed by atoms with Crippen molar-refractivity contribution in [1.29, 1.82) is 0 Å². The van der Waals surface area contributed by atoms with Crippen molar-refractivity contribution in [2.75, 3.05) is 20.1 Å². The average molecular weight is 329 g/mol. The number of para-hydroxylation sites is 2. The fourth-order valence-corrected chi connectivity index (χ4v) is 2.64. The third-order valence-corrected chi connectivity index (χ3v) is 3.76. The minimum atomic E-state index is -0.182. The molecule has 0 aliphatic carbocycles. The third-order valence-electron chi connectivity index (χ3n) is 3.54. The molecular formula is C17H17ClN4O. The maximum absolute atomic E-state index is 12.5. The number of aromatic nitrogens is 2. The first kappa shape index (κ1) is 15.6. The zero-order valence-corrected chi connectivity index (χ0v) is 13.5. The molecule has 3 rings (SSSR count). The number of halogens is 1. The van der Waals surface area contributed by atoms with Gasteiger partial charge in [-0.1, -0.05) is 23.7 Å². The van der Waals surface area contributed by atoms with Crippen LogP contribution in [-0.4, -0.2) is 36.0 Å².